The number of hydrogen-bond acceptors (Lipinski definition) is 4. The monoisotopic (exact) mass is 322 g/mol. The van der Waals surface area contributed by atoms with Gasteiger partial charge in [-0.1, -0.05) is 32.0 Å². The number of aryl methyl sites for hydroxylation is 1. The molecule has 3 aromatic rings. The summed E-state index contributed by atoms with van der Waals surface area (Å²) in [6, 6.07) is 11.7. The van der Waals surface area contributed by atoms with Gasteiger partial charge in [0, 0.05) is 6.20 Å². The molecular formula is C19H22N4O. The highest BCUT2D eigenvalue weighted by atomic mass is 16.5. The lowest BCUT2D eigenvalue weighted by molar-refractivity contribution is 0.341. The summed E-state index contributed by atoms with van der Waals surface area (Å²) < 4.78 is 7.61. The summed E-state index contributed by atoms with van der Waals surface area (Å²) in [6.45, 7) is 8.83. The van der Waals surface area contributed by atoms with Gasteiger partial charge >= 0.3 is 0 Å². The first-order valence-corrected chi connectivity index (χ1v) is 8.22. The molecule has 0 atom stereocenters. The van der Waals surface area contributed by atoms with E-state index in [-0.39, 0.29) is 5.92 Å². The van der Waals surface area contributed by atoms with Gasteiger partial charge in [0.2, 0.25) is 0 Å². The molecule has 0 amide bonds. The van der Waals surface area contributed by atoms with Gasteiger partial charge in [-0.25, -0.2) is 4.98 Å². The second kappa shape index (κ2) is 6.83. The van der Waals surface area contributed by atoms with Gasteiger partial charge in [-0.05, 0) is 43.5 Å². The van der Waals surface area contributed by atoms with E-state index >= 15 is 0 Å². The van der Waals surface area contributed by atoms with Crippen LogP contribution in [0.15, 0.2) is 52.8 Å². The van der Waals surface area contributed by atoms with Gasteiger partial charge < -0.3 is 4.74 Å². The maximum atomic E-state index is 5.62. The van der Waals surface area contributed by atoms with Crippen LogP contribution in [-0.4, -0.2) is 16.0 Å². The molecule has 0 saturated carbocycles. The molecule has 3 rings (SSSR count). The average molecular weight is 322 g/mol. The quantitative estimate of drug-likeness (QED) is 0.576. The predicted octanol–water partition coefficient (Wildman–Crippen LogP) is 5.58. The molecule has 0 saturated heterocycles. The average Bonchev–Trinajstić information content (AvgIpc) is 2.92. The van der Waals surface area contributed by atoms with Gasteiger partial charge in [-0.2, -0.15) is 0 Å². The molecular weight excluding hydrogens is 300 g/mol. The molecule has 1 aromatic carbocycles. The normalized spacial score (nSPS) is 11.7. The molecule has 24 heavy (non-hydrogen) atoms. The van der Waals surface area contributed by atoms with Crippen molar-refractivity contribution < 1.29 is 4.74 Å². The van der Waals surface area contributed by atoms with E-state index in [0.29, 0.717) is 6.61 Å². The van der Waals surface area contributed by atoms with Gasteiger partial charge in [-0.3, -0.25) is 4.40 Å². The lowest BCUT2D eigenvalue weighted by atomic mass is 10.1. The molecule has 0 N–H and O–H groups in total. The maximum Gasteiger partial charge on any atom is 0.183 e. The Morgan fingerprint density at radius 2 is 1.92 bits per heavy atom. The van der Waals surface area contributed by atoms with Gasteiger partial charge in [-0.15, -0.1) is 10.2 Å². The van der Waals surface area contributed by atoms with Crippen LogP contribution in [0.5, 0.6) is 5.75 Å². The number of rotatable bonds is 5. The van der Waals surface area contributed by atoms with E-state index in [9.17, 15) is 0 Å². The molecule has 0 aliphatic rings. The Kier molecular flexibility index (Phi) is 4.60. The molecule has 5 heteroatoms. The van der Waals surface area contributed by atoms with Crippen molar-refractivity contribution >= 4 is 17.2 Å². The summed E-state index contributed by atoms with van der Waals surface area (Å²) in [5.74, 6) is 1.77. The van der Waals surface area contributed by atoms with Crippen LogP contribution in [0.3, 0.4) is 0 Å². The SMILES string of the molecule is CCOc1ccccc1N=Nc1c(C(C)C)nc2ccc(C)cn12. The molecule has 2 aromatic heterocycles. The highest BCUT2D eigenvalue weighted by Crippen LogP contribution is 2.32. The predicted molar refractivity (Wildman–Crippen MR) is 95.8 cm³/mol. The Morgan fingerprint density at radius 3 is 2.67 bits per heavy atom. The zero-order valence-corrected chi connectivity index (χ0v) is 14.5. The molecule has 0 bridgehead atoms. The second-order valence-electron chi connectivity index (χ2n) is 6.01. The first kappa shape index (κ1) is 16.2. The topological polar surface area (TPSA) is 51.2 Å². The summed E-state index contributed by atoms with van der Waals surface area (Å²) in [6.07, 6.45) is 2.04. The number of imidazole rings is 1. The van der Waals surface area contributed by atoms with Crippen LogP contribution in [0, 0.1) is 6.92 Å². The number of hydrogen-bond donors (Lipinski definition) is 0. The van der Waals surface area contributed by atoms with E-state index in [1.807, 2.05) is 47.9 Å². The fourth-order valence-electron chi connectivity index (χ4n) is 2.56. The minimum Gasteiger partial charge on any atom is -0.492 e. The molecule has 0 radical (unpaired) electrons. The summed E-state index contributed by atoms with van der Waals surface area (Å²) in [7, 11) is 0. The second-order valence-corrected chi connectivity index (χ2v) is 6.01. The Hall–Kier alpha value is -2.69. The Bertz CT molecular complexity index is 880. The summed E-state index contributed by atoms with van der Waals surface area (Å²) >= 11 is 0. The van der Waals surface area contributed by atoms with E-state index < -0.39 is 0 Å². The van der Waals surface area contributed by atoms with Gasteiger partial charge in [0.25, 0.3) is 0 Å². The number of benzene rings is 1. The Morgan fingerprint density at radius 1 is 1.12 bits per heavy atom. The molecule has 0 aliphatic heterocycles. The van der Waals surface area contributed by atoms with Crippen LogP contribution in [0.25, 0.3) is 5.65 Å². The minimum absolute atomic E-state index is 0.265. The number of azo groups is 1. The smallest absolute Gasteiger partial charge is 0.183 e. The van der Waals surface area contributed by atoms with Gasteiger partial charge in [0.05, 0.1) is 12.3 Å². The van der Waals surface area contributed by atoms with Crippen molar-refractivity contribution in [3.8, 4) is 5.75 Å². The molecule has 5 nitrogen and oxygen atoms in total. The van der Waals surface area contributed by atoms with Crippen molar-refractivity contribution in [1.29, 1.82) is 0 Å². The fourth-order valence-corrected chi connectivity index (χ4v) is 2.56. The van der Waals surface area contributed by atoms with Crippen molar-refractivity contribution in [2.24, 2.45) is 10.2 Å². The van der Waals surface area contributed by atoms with Crippen LogP contribution in [0.4, 0.5) is 11.5 Å². The molecule has 0 aliphatic carbocycles. The highest BCUT2D eigenvalue weighted by molar-refractivity contribution is 5.55. The highest BCUT2D eigenvalue weighted by Gasteiger charge is 2.15. The number of aromatic nitrogens is 2. The number of pyridine rings is 1. The van der Waals surface area contributed by atoms with Crippen molar-refractivity contribution in [3.05, 3.63) is 53.9 Å². The van der Waals surface area contributed by atoms with E-state index in [0.717, 1.165) is 34.2 Å². The maximum absolute atomic E-state index is 5.62. The standard InChI is InChI=1S/C19H22N4O/c1-5-24-16-9-7-6-8-15(16)21-22-19-18(13(2)3)20-17-11-10-14(4)12-23(17)19/h6-13H,5H2,1-4H3. The first-order chi connectivity index (χ1) is 11.6. The van der Waals surface area contributed by atoms with Crippen LogP contribution in [-0.2, 0) is 0 Å². The largest absolute Gasteiger partial charge is 0.492 e. The van der Waals surface area contributed by atoms with Gasteiger partial charge in [0.1, 0.15) is 17.1 Å². The van der Waals surface area contributed by atoms with Crippen molar-refractivity contribution in [3.63, 3.8) is 0 Å². The summed E-state index contributed by atoms with van der Waals surface area (Å²) in [5, 5.41) is 8.94. The lowest BCUT2D eigenvalue weighted by Crippen LogP contribution is -1.91. The number of fused-ring (bicyclic) bond motifs is 1. The van der Waals surface area contributed by atoms with E-state index in [4.69, 9.17) is 9.72 Å². The van der Waals surface area contributed by atoms with Crippen molar-refractivity contribution in [1.82, 2.24) is 9.38 Å². The summed E-state index contributed by atoms with van der Waals surface area (Å²) in [5.41, 5.74) is 3.70. The molecule has 2 heterocycles. The number of ether oxygens (including phenoxy) is 1. The zero-order chi connectivity index (χ0) is 17.1. The minimum atomic E-state index is 0.265. The van der Waals surface area contributed by atoms with E-state index in [1.165, 1.54) is 0 Å². The zero-order valence-electron chi connectivity index (χ0n) is 14.5. The van der Waals surface area contributed by atoms with Crippen LogP contribution in [0.1, 0.15) is 37.9 Å². The van der Waals surface area contributed by atoms with Crippen molar-refractivity contribution in [2.45, 2.75) is 33.6 Å². The lowest BCUT2D eigenvalue weighted by Gasteiger charge is -2.05. The molecule has 124 valence electrons. The number of nitrogens with zero attached hydrogens (tertiary/aromatic N) is 4. The van der Waals surface area contributed by atoms with E-state index in [1.54, 1.807) is 0 Å². The van der Waals surface area contributed by atoms with Crippen LogP contribution < -0.4 is 4.74 Å². The third-order valence-electron chi connectivity index (χ3n) is 3.73. The first-order valence-electron chi connectivity index (χ1n) is 8.22. The molecule has 0 spiro atoms. The van der Waals surface area contributed by atoms with Crippen molar-refractivity contribution in [2.75, 3.05) is 6.61 Å². The Labute approximate surface area is 142 Å². The fraction of sp³-hybridized carbons (Fsp3) is 0.316. The van der Waals surface area contributed by atoms with Crippen LogP contribution in [0.2, 0.25) is 0 Å². The Balaban J connectivity index is 2.09. The summed E-state index contributed by atoms with van der Waals surface area (Å²) in [4.78, 5) is 4.70. The van der Waals surface area contributed by atoms with Gasteiger partial charge in [0.15, 0.2) is 5.82 Å². The number of para-hydroxylation sites is 1. The van der Waals surface area contributed by atoms with E-state index in [2.05, 4.69) is 37.1 Å². The molecule has 0 fully saturated rings. The third-order valence-corrected chi connectivity index (χ3v) is 3.73. The molecule has 0 unspecified atom stereocenters. The van der Waals surface area contributed by atoms with Crippen LogP contribution >= 0.6 is 0 Å². The third kappa shape index (κ3) is 3.15.